The van der Waals surface area contributed by atoms with Crippen LogP contribution >= 0.6 is 0 Å². The van der Waals surface area contributed by atoms with Crippen molar-refractivity contribution in [1.82, 2.24) is 0 Å². The summed E-state index contributed by atoms with van der Waals surface area (Å²) in [4.78, 5) is 49.9. The minimum atomic E-state index is -1.85. The minimum Gasteiger partial charge on any atom is -0.507 e. The highest BCUT2D eigenvalue weighted by Crippen LogP contribution is 2.40. The van der Waals surface area contributed by atoms with E-state index in [0.29, 0.717) is 5.56 Å². The molecule has 4 N–H and O–H groups in total. The number of ketones is 2. The number of carbonyl (C=O) groups excluding carboxylic acids is 4. The number of aryl methyl sites for hydroxylation is 1. The third-order valence-electron chi connectivity index (χ3n) is 6.35. The van der Waals surface area contributed by atoms with E-state index in [0.717, 1.165) is 7.11 Å². The van der Waals surface area contributed by atoms with Crippen LogP contribution in [0.1, 0.15) is 43.8 Å². The van der Waals surface area contributed by atoms with Gasteiger partial charge in [-0.15, -0.1) is 0 Å². The van der Waals surface area contributed by atoms with E-state index >= 15 is 0 Å². The molecule has 13 heteroatoms. The number of ether oxygens (including phenoxy) is 5. The Bertz CT molecular complexity index is 1330. The molecule has 0 unspecified atom stereocenters. The molecular weight excluding hydrogens is 520 g/mol. The predicted octanol–water partition coefficient (Wildman–Crippen LogP) is -0.223. The van der Waals surface area contributed by atoms with E-state index < -0.39 is 73.0 Å². The van der Waals surface area contributed by atoms with Crippen molar-refractivity contribution in [2.24, 2.45) is 0 Å². The molecule has 1 fully saturated rings. The first-order valence-corrected chi connectivity index (χ1v) is 11.7. The van der Waals surface area contributed by atoms with Crippen LogP contribution in [0.15, 0.2) is 24.3 Å². The molecule has 0 amide bonds. The Morgan fingerprint density at radius 2 is 1.59 bits per heavy atom. The van der Waals surface area contributed by atoms with Gasteiger partial charge in [0.1, 0.15) is 54.7 Å². The molecule has 1 aliphatic heterocycles. The van der Waals surface area contributed by atoms with Crippen LogP contribution in [0.5, 0.6) is 17.2 Å². The molecule has 0 saturated carbocycles. The van der Waals surface area contributed by atoms with Crippen molar-refractivity contribution in [2.75, 3.05) is 20.8 Å². The molecule has 1 heterocycles. The number of esters is 2. The fraction of sp³-hybridized carbons (Fsp3) is 0.385. The molecule has 4 rings (SSSR count). The molecule has 1 aliphatic carbocycles. The lowest BCUT2D eigenvalue weighted by atomic mass is 9.82. The van der Waals surface area contributed by atoms with Crippen molar-refractivity contribution in [3.8, 4) is 17.2 Å². The maximum Gasteiger partial charge on any atom is 0.317 e. The summed E-state index contributed by atoms with van der Waals surface area (Å²) in [6.07, 6.45) is -9.24. The van der Waals surface area contributed by atoms with Crippen LogP contribution in [-0.4, -0.2) is 95.5 Å². The Kier molecular flexibility index (Phi) is 7.88. The minimum absolute atomic E-state index is 0.00877. The lowest BCUT2D eigenvalue weighted by Crippen LogP contribution is -2.60. The summed E-state index contributed by atoms with van der Waals surface area (Å²) in [6, 6.07) is 5.37. The molecule has 2 aromatic rings. The molecule has 0 bridgehead atoms. The number of phenols is 1. The fourth-order valence-electron chi connectivity index (χ4n) is 4.36. The second kappa shape index (κ2) is 11.0. The predicted molar refractivity (Wildman–Crippen MR) is 128 cm³/mol. The van der Waals surface area contributed by atoms with Crippen molar-refractivity contribution in [1.29, 1.82) is 0 Å². The lowest BCUT2D eigenvalue weighted by molar-refractivity contribution is -0.278. The lowest BCUT2D eigenvalue weighted by Gasteiger charge is -2.40. The van der Waals surface area contributed by atoms with Gasteiger partial charge in [0.2, 0.25) is 12.1 Å². The SMILES string of the molecule is COC(=O)CC(=O)OC[C@H]1O[C@@H](Oc2cc(OC)cc3c2C(=O)c2c(O)cc(C)cc2C3=O)[C@H](O)[C@@H](O)[C@@H]1O. The first kappa shape index (κ1) is 28.0. The van der Waals surface area contributed by atoms with Crippen LogP contribution in [0.4, 0.5) is 0 Å². The second-order valence-electron chi connectivity index (χ2n) is 8.98. The Balaban J connectivity index is 1.65. The number of methoxy groups -OCH3 is 2. The van der Waals surface area contributed by atoms with Crippen LogP contribution in [-0.2, 0) is 23.8 Å². The van der Waals surface area contributed by atoms with Crippen molar-refractivity contribution >= 4 is 23.5 Å². The number of aliphatic hydroxyl groups excluding tert-OH is 3. The molecule has 5 atom stereocenters. The molecule has 2 aromatic carbocycles. The van der Waals surface area contributed by atoms with E-state index in [4.69, 9.17) is 18.9 Å². The van der Waals surface area contributed by atoms with Gasteiger partial charge in [0.15, 0.2) is 5.78 Å². The van der Waals surface area contributed by atoms with Gasteiger partial charge in [0, 0.05) is 17.2 Å². The van der Waals surface area contributed by atoms with E-state index in [1.54, 1.807) is 6.92 Å². The first-order chi connectivity index (χ1) is 18.5. The summed E-state index contributed by atoms with van der Waals surface area (Å²) >= 11 is 0. The molecule has 208 valence electrons. The van der Waals surface area contributed by atoms with Crippen molar-refractivity contribution in [2.45, 2.75) is 44.1 Å². The van der Waals surface area contributed by atoms with Crippen LogP contribution in [0, 0.1) is 6.92 Å². The van der Waals surface area contributed by atoms with Gasteiger partial charge in [0.05, 0.1) is 25.3 Å². The number of carbonyl (C=O) groups is 4. The Labute approximate surface area is 221 Å². The molecular formula is C26H26O13. The average Bonchev–Trinajstić information content (AvgIpc) is 2.90. The summed E-state index contributed by atoms with van der Waals surface area (Å²) < 4.78 is 25.8. The van der Waals surface area contributed by atoms with Crippen LogP contribution in [0.25, 0.3) is 0 Å². The Morgan fingerprint density at radius 1 is 0.897 bits per heavy atom. The summed E-state index contributed by atoms with van der Waals surface area (Å²) in [6.45, 7) is 1.02. The van der Waals surface area contributed by atoms with Gasteiger partial charge in [-0.25, -0.2) is 0 Å². The number of rotatable bonds is 7. The van der Waals surface area contributed by atoms with Crippen LogP contribution in [0.3, 0.4) is 0 Å². The van der Waals surface area contributed by atoms with Crippen LogP contribution in [0.2, 0.25) is 0 Å². The van der Waals surface area contributed by atoms with Gasteiger partial charge in [0.25, 0.3) is 0 Å². The standard InChI is InChI=1S/C26H26O13/c1-10-4-12-19(14(27)5-10)23(32)20-13(21(12)30)6-11(35-2)7-15(20)38-26-25(34)24(33)22(31)16(39-26)9-37-18(29)8-17(28)36-3/h4-7,16,22,24-27,31,33-34H,8-9H2,1-3H3/t16-,22-,24+,25-,26-/m1/s1. The van der Waals surface area contributed by atoms with Gasteiger partial charge >= 0.3 is 11.9 Å². The number of phenolic OH excluding ortho intramolecular Hbond substituents is 1. The summed E-state index contributed by atoms with van der Waals surface area (Å²) in [5.41, 5.74) is -0.0228. The third kappa shape index (κ3) is 5.29. The number of fused-ring (bicyclic) bond motifs is 2. The topological polar surface area (TPSA) is 195 Å². The van der Waals surface area contributed by atoms with Gasteiger partial charge < -0.3 is 44.1 Å². The van der Waals surface area contributed by atoms with Gasteiger partial charge in [-0.1, -0.05) is 0 Å². The number of aliphatic hydroxyl groups is 3. The molecule has 13 nitrogen and oxygen atoms in total. The van der Waals surface area contributed by atoms with Gasteiger partial charge in [-0.3, -0.25) is 19.2 Å². The van der Waals surface area contributed by atoms with Gasteiger partial charge in [-0.2, -0.15) is 0 Å². The van der Waals surface area contributed by atoms with E-state index in [1.165, 1.54) is 31.4 Å². The van der Waals surface area contributed by atoms with E-state index in [-0.39, 0.29) is 33.8 Å². The van der Waals surface area contributed by atoms with Crippen molar-refractivity contribution in [3.05, 3.63) is 52.1 Å². The summed E-state index contributed by atoms with van der Waals surface area (Å²) in [5, 5.41) is 41.7. The normalized spacial score (nSPS) is 23.9. The highest BCUT2D eigenvalue weighted by atomic mass is 16.7. The molecule has 1 saturated heterocycles. The summed E-state index contributed by atoms with van der Waals surface area (Å²) in [5.74, 6) is -3.74. The van der Waals surface area contributed by atoms with Crippen molar-refractivity contribution in [3.63, 3.8) is 0 Å². The molecule has 0 radical (unpaired) electrons. The molecule has 39 heavy (non-hydrogen) atoms. The quantitative estimate of drug-likeness (QED) is 0.224. The van der Waals surface area contributed by atoms with E-state index in [1.807, 2.05) is 0 Å². The van der Waals surface area contributed by atoms with Gasteiger partial charge in [-0.05, 0) is 30.7 Å². The van der Waals surface area contributed by atoms with Crippen LogP contribution < -0.4 is 9.47 Å². The molecule has 2 aliphatic rings. The second-order valence-corrected chi connectivity index (χ2v) is 8.98. The highest BCUT2D eigenvalue weighted by Gasteiger charge is 2.46. The number of benzene rings is 2. The maximum absolute atomic E-state index is 13.5. The fourth-order valence-corrected chi connectivity index (χ4v) is 4.36. The summed E-state index contributed by atoms with van der Waals surface area (Å²) in [7, 11) is 2.40. The molecule has 0 spiro atoms. The zero-order valence-corrected chi connectivity index (χ0v) is 21.1. The maximum atomic E-state index is 13.5. The monoisotopic (exact) mass is 546 g/mol. The van der Waals surface area contributed by atoms with E-state index in [2.05, 4.69) is 4.74 Å². The average molecular weight is 546 g/mol. The largest absolute Gasteiger partial charge is 0.507 e. The zero-order chi connectivity index (χ0) is 28.6. The number of hydrogen-bond acceptors (Lipinski definition) is 13. The zero-order valence-electron chi connectivity index (χ0n) is 21.1. The highest BCUT2D eigenvalue weighted by molar-refractivity contribution is 6.30. The Hall–Kier alpha value is -4.04. The van der Waals surface area contributed by atoms with Crippen molar-refractivity contribution < 1.29 is 63.3 Å². The first-order valence-electron chi connectivity index (χ1n) is 11.7. The Morgan fingerprint density at radius 3 is 2.26 bits per heavy atom. The number of aromatic hydroxyl groups is 1. The number of hydrogen-bond donors (Lipinski definition) is 4. The molecule has 0 aromatic heterocycles. The third-order valence-corrected chi connectivity index (χ3v) is 6.35. The smallest absolute Gasteiger partial charge is 0.317 e. The van der Waals surface area contributed by atoms with E-state index in [9.17, 15) is 39.6 Å².